The number of aliphatic hydroxyl groups excluding tert-OH is 1. The van der Waals surface area contributed by atoms with E-state index in [2.05, 4.69) is 0 Å². The van der Waals surface area contributed by atoms with E-state index in [1.165, 1.54) is 18.2 Å². The third-order valence-corrected chi connectivity index (χ3v) is 1.77. The Morgan fingerprint density at radius 2 is 2.21 bits per heavy atom. The van der Waals surface area contributed by atoms with Gasteiger partial charge in [0.25, 0.3) is 0 Å². The number of aliphatic carboxylic acids is 1. The van der Waals surface area contributed by atoms with Gasteiger partial charge in [0.2, 0.25) is 6.23 Å². The molecule has 0 aliphatic carbocycles. The van der Waals surface area contributed by atoms with E-state index in [-0.39, 0.29) is 10.7 Å². The summed E-state index contributed by atoms with van der Waals surface area (Å²) in [4.78, 5) is 10.2. The standard InChI is InChI=1S/C8H7ClFNO3/c9-4-2-1-3-5(6(4)10)11-7(12)8(13)14/h1-3,7,11-12H,(H,13,14). The van der Waals surface area contributed by atoms with Crippen molar-refractivity contribution in [3.63, 3.8) is 0 Å². The summed E-state index contributed by atoms with van der Waals surface area (Å²) in [5.41, 5.74) is -0.160. The van der Waals surface area contributed by atoms with E-state index in [0.717, 1.165) is 0 Å². The monoisotopic (exact) mass is 219 g/mol. The SMILES string of the molecule is O=C(O)C(O)Nc1cccc(Cl)c1F. The number of benzene rings is 1. The van der Waals surface area contributed by atoms with Gasteiger partial charge in [-0.05, 0) is 12.1 Å². The number of carboxylic acid groups (broad SMARTS) is 1. The fourth-order valence-electron chi connectivity index (χ4n) is 0.824. The van der Waals surface area contributed by atoms with Gasteiger partial charge in [0.1, 0.15) is 0 Å². The third-order valence-electron chi connectivity index (χ3n) is 1.48. The predicted molar refractivity (Wildman–Crippen MR) is 48.7 cm³/mol. The molecule has 14 heavy (non-hydrogen) atoms. The molecule has 1 aromatic carbocycles. The molecule has 0 bridgehead atoms. The van der Waals surface area contributed by atoms with Crippen molar-refractivity contribution >= 4 is 23.3 Å². The minimum atomic E-state index is -1.86. The highest BCUT2D eigenvalue weighted by Crippen LogP contribution is 2.22. The van der Waals surface area contributed by atoms with Crippen molar-refractivity contribution in [1.82, 2.24) is 0 Å². The lowest BCUT2D eigenvalue weighted by Gasteiger charge is -2.10. The number of hydrogen-bond donors (Lipinski definition) is 3. The molecule has 0 heterocycles. The van der Waals surface area contributed by atoms with Crippen LogP contribution in [0.5, 0.6) is 0 Å². The van der Waals surface area contributed by atoms with Crippen LogP contribution in [0.25, 0.3) is 0 Å². The Labute approximate surface area is 83.9 Å². The molecule has 1 atom stereocenters. The van der Waals surface area contributed by atoms with Crippen LogP contribution in [0, 0.1) is 5.82 Å². The molecule has 0 amide bonds. The molecule has 0 fully saturated rings. The number of nitrogens with one attached hydrogen (secondary N) is 1. The molecule has 0 aliphatic heterocycles. The predicted octanol–water partition coefficient (Wildman–Crippen LogP) is 1.29. The molecule has 0 spiro atoms. The van der Waals surface area contributed by atoms with Gasteiger partial charge < -0.3 is 15.5 Å². The first-order valence-corrected chi connectivity index (χ1v) is 4.01. The topological polar surface area (TPSA) is 69.6 Å². The minimum absolute atomic E-state index is 0.146. The lowest BCUT2D eigenvalue weighted by Crippen LogP contribution is -2.28. The van der Waals surface area contributed by atoms with Crippen LogP contribution in [0.1, 0.15) is 0 Å². The number of anilines is 1. The van der Waals surface area contributed by atoms with Crippen LogP contribution < -0.4 is 5.32 Å². The second-order valence-corrected chi connectivity index (χ2v) is 2.89. The van der Waals surface area contributed by atoms with E-state index < -0.39 is 18.0 Å². The average Bonchev–Trinajstić information content (AvgIpc) is 2.12. The summed E-state index contributed by atoms with van der Waals surface area (Å²) < 4.78 is 13.1. The summed E-state index contributed by atoms with van der Waals surface area (Å²) in [6, 6.07) is 4.02. The fourth-order valence-corrected chi connectivity index (χ4v) is 0.999. The van der Waals surface area contributed by atoms with Crippen molar-refractivity contribution in [1.29, 1.82) is 0 Å². The molecule has 0 saturated carbocycles. The summed E-state index contributed by atoms with van der Waals surface area (Å²) in [5.74, 6) is -2.29. The van der Waals surface area contributed by atoms with Crippen LogP contribution >= 0.6 is 11.6 Å². The molecule has 1 rings (SSSR count). The van der Waals surface area contributed by atoms with Gasteiger partial charge in [-0.15, -0.1) is 0 Å². The van der Waals surface area contributed by atoms with Crippen LogP contribution in [-0.2, 0) is 4.79 Å². The molecule has 1 unspecified atom stereocenters. The molecule has 6 heteroatoms. The molecule has 76 valence electrons. The summed E-state index contributed by atoms with van der Waals surface area (Å²) in [6.45, 7) is 0. The summed E-state index contributed by atoms with van der Waals surface area (Å²) in [6.07, 6.45) is -1.86. The highest BCUT2D eigenvalue weighted by Gasteiger charge is 2.15. The lowest BCUT2D eigenvalue weighted by atomic mass is 10.3. The van der Waals surface area contributed by atoms with E-state index in [0.29, 0.717) is 0 Å². The molecule has 4 nitrogen and oxygen atoms in total. The quantitative estimate of drug-likeness (QED) is 0.670. The van der Waals surface area contributed by atoms with E-state index in [1.54, 1.807) is 0 Å². The lowest BCUT2D eigenvalue weighted by molar-refractivity contribution is -0.145. The van der Waals surface area contributed by atoms with Crippen molar-refractivity contribution in [2.75, 3.05) is 5.32 Å². The zero-order valence-electron chi connectivity index (χ0n) is 6.87. The molecular weight excluding hydrogens is 213 g/mol. The maximum Gasteiger partial charge on any atom is 0.353 e. The average molecular weight is 220 g/mol. The van der Waals surface area contributed by atoms with Gasteiger partial charge in [0.15, 0.2) is 5.82 Å². The Morgan fingerprint density at radius 1 is 1.57 bits per heavy atom. The number of halogens is 2. The first-order valence-electron chi connectivity index (χ1n) is 3.64. The molecule has 0 radical (unpaired) electrons. The van der Waals surface area contributed by atoms with Gasteiger partial charge in [-0.2, -0.15) is 0 Å². The number of carboxylic acids is 1. The van der Waals surface area contributed by atoms with E-state index in [9.17, 15) is 9.18 Å². The summed E-state index contributed by atoms with van der Waals surface area (Å²) >= 11 is 5.43. The first kappa shape index (κ1) is 10.7. The van der Waals surface area contributed by atoms with Gasteiger partial charge in [0.05, 0.1) is 10.7 Å². The van der Waals surface area contributed by atoms with Crippen molar-refractivity contribution in [2.24, 2.45) is 0 Å². The van der Waals surface area contributed by atoms with Crippen LogP contribution in [0.4, 0.5) is 10.1 Å². The minimum Gasteiger partial charge on any atom is -0.478 e. The second kappa shape index (κ2) is 4.26. The summed E-state index contributed by atoms with van der Waals surface area (Å²) in [7, 11) is 0. The first-order chi connectivity index (χ1) is 6.52. The highest BCUT2D eigenvalue weighted by molar-refractivity contribution is 6.31. The van der Waals surface area contributed by atoms with Crippen molar-refractivity contribution in [2.45, 2.75) is 6.23 Å². The Morgan fingerprint density at radius 3 is 2.79 bits per heavy atom. The maximum atomic E-state index is 13.1. The normalized spacial score (nSPS) is 12.2. The number of carbonyl (C=O) groups is 1. The maximum absolute atomic E-state index is 13.1. The van der Waals surface area contributed by atoms with Gasteiger partial charge in [-0.3, -0.25) is 0 Å². The molecule has 0 aromatic heterocycles. The van der Waals surface area contributed by atoms with Gasteiger partial charge in [-0.25, -0.2) is 9.18 Å². The Bertz CT molecular complexity index is 358. The molecule has 0 saturated heterocycles. The van der Waals surface area contributed by atoms with Crippen molar-refractivity contribution < 1.29 is 19.4 Å². The van der Waals surface area contributed by atoms with E-state index in [4.69, 9.17) is 21.8 Å². The van der Waals surface area contributed by atoms with E-state index in [1.807, 2.05) is 5.32 Å². The smallest absolute Gasteiger partial charge is 0.353 e. The van der Waals surface area contributed by atoms with E-state index >= 15 is 0 Å². The zero-order chi connectivity index (χ0) is 10.7. The largest absolute Gasteiger partial charge is 0.478 e. The van der Waals surface area contributed by atoms with Crippen molar-refractivity contribution in [3.05, 3.63) is 29.0 Å². The third kappa shape index (κ3) is 2.34. The van der Waals surface area contributed by atoms with Crippen molar-refractivity contribution in [3.8, 4) is 0 Å². The fraction of sp³-hybridized carbons (Fsp3) is 0.125. The highest BCUT2D eigenvalue weighted by atomic mass is 35.5. The summed E-state index contributed by atoms with van der Waals surface area (Å²) in [5, 5.41) is 19.1. The molecule has 3 N–H and O–H groups in total. The molecular formula is C8H7ClFNO3. The molecule has 0 aliphatic rings. The zero-order valence-corrected chi connectivity index (χ0v) is 7.62. The van der Waals surface area contributed by atoms with Crippen LogP contribution in [0.3, 0.4) is 0 Å². The molecule has 1 aromatic rings. The van der Waals surface area contributed by atoms with Gasteiger partial charge in [0, 0.05) is 0 Å². The number of hydrogen-bond acceptors (Lipinski definition) is 3. The van der Waals surface area contributed by atoms with Crippen LogP contribution in [0.15, 0.2) is 18.2 Å². The Kier molecular flexibility index (Phi) is 3.27. The second-order valence-electron chi connectivity index (χ2n) is 2.49. The number of rotatable bonds is 3. The van der Waals surface area contributed by atoms with Crippen LogP contribution in [0.2, 0.25) is 5.02 Å². The Hall–Kier alpha value is -1.33. The number of aliphatic hydroxyl groups is 1. The Balaban J connectivity index is 2.87. The van der Waals surface area contributed by atoms with Crippen LogP contribution in [-0.4, -0.2) is 22.4 Å². The van der Waals surface area contributed by atoms with Gasteiger partial charge in [-0.1, -0.05) is 17.7 Å². The van der Waals surface area contributed by atoms with Gasteiger partial charge >= 0.3 is 5.97 Å².